The van der Waals surface area contributed by atoms with Gasteiger partial charge in [-0.05, 0) is 45.4 Å². The lowest BCUT2D eigenvalue weighted by molar-refractivity contribution is 0.0925. The van der Waals surface area contributed by atoms with E-state index in [1.807, 2.05) is 19.1 Å². The van der Waals surface area contributed by atoms with Crippen molar-refractivity contribution < 1.29 is 4.79 Å². The van der Waals surface area contributed by atoms with E-state index in [0.29, 0.717) is 11.6 Å². The molecule has 2 unspecified atom stereocenters. The molecular formula is C13H21Cl2N3O. The highest BCUT2D eigenvalue weighted by atomic mass is 35.5. The van der Waals surface area contributed by atoms with Crippen molar-refractivity contribution in [1.82, 2.24) is 15.6 Å². The molecule has 2 heterocycles. The van der Waals surface area contributed by atoms with Gasteiger partial charge in [0.05, 0.1) is 5.56 Å². The van der Waals surface area contributed by atoms with Crippen LogP contribution in [0, 0.1) is 6.92 Å². The van der Waals surface area contributed by atoms with E-state index in [4.69, 9.17) is 0 Å². The van der Waals surface area contributed by atoms with E-state index in [9.17, 15) is 4.79 Å². The normalized spacial score (nSPS) is 21.8. The lowest BCUT2D eigenvalue weighted by Crippen LogP contribution is -2.46. The smallest absolute Gasteiger partial charge is 0.253 e. The molecule has 108 valence electrons. The monoisotopic (exact) mass is 305 g/mol. The third-order valence-corrected chi connectivity index (χ3v) is 3.13. The zero-order chi connectivity index (χ0) is 12.3. The van der Waals surface area contributed by atoms with Gasteiger partial charge in [0.2, 0.25) is 0 Å². The molecule has 1 amide bonds. The standard InChI is InChI=1S/C13H19N3O.2ClH/c1-9-3-4-11(8-15-9)13(17)16-12-5-6-14-10(2)7-12;;/h3-4,8,10,12,14H,5-7H2,1-2H3,(H,16,17);2*1H. The van der Waals surface area contributed by atoms with Crippen LogP contribution in [0.15, 0.2) is 18.3 Å². The van der Waals surface area contributed by atoms with E-state index >= 15 is 0 Å². The maximum Gasteiger partial charge on any atom is 0.253 e. The Labute approximate surface area is 126 Å². The lowest BCUT2D eigenvalue weighted by Gasteiger charge is -2.28. The summed E-state index contributed by atoms with van der Waals surface area (Å²) in [6.45, 7) is 5.03. The summed E-state index contributed by atoms with van der Waals surface area (Å²) in [5.74, 6) is -0.0170. The van der Waals surface area contributed by atoms with Gasteiger partial charge in [-0.3, -0.25) is 9.78 Å². The molecule has 1 aromatic heterocycles. The molecule has 2 atom stereocenters. The van der Waals surface area contributed by atoms with Crippen molar-refractivity contribution in [1.29, 1.82) is 0 Å². The first-order valence-electron chi connectivity index (χ1n) is 6.12. The zero-order valence-electron chi connectivity index (χ0n) is 11.2. The highest BCUT2D eigenvalue weighted by molar-refractivity contribution is 5.94. The molecule has 4 nitrogen and oxygen atoms in total. The van der Waals surface area contributed by atoms with E-state index in [2.05, 4.69) is 22.5 Å². The van der Waals surface area contributed by atoms with Crippen LogP contribution in [0.3, 0.4) is 0 Å². The van der Waals surface area contributed by atoms with Gasteiger partial charge >= 0.3 is 0 Å². The first-order valence-corrected chi connectivity index (χ1v) is 6.12. The highest BCUT2D eigenvalue weighted by Gasteiger charge is 2.20. The Balaban J connectivity index is 0.00000162. The summed E-state index contributed by atoms with van der Waals surface area (Å²) in [4.78, 5) is 16.1. The quantitative estimate of drug-likeness (QED) is 0.880. The van der Waals surface area contributed by atoms with Gasteiger partial charge in [-0.25, -0.2) is 0 Å². The minimum atomic E-state index is -0.0170. The Bertz CT molecular complexity index is 397. The van der Waals surface area contributed by atoms with E-state index in [1.165, 1.54) is 0 Å². The van der Waals surface area contributed by atoms with Crippen LogP contribution in [0.4, 0.5) is 0 Å². The van der Waals surface area contributed by atoms with Crippen molar-refractivity contribution in [2.45, 2.75) is 38.8 Å². The second-order valence-corrected chi connectivity index (χ2v) is 4.74. The van der Waals surface area contributed by atoms with Crippen LogP contribution in [0.25, 0.3) is 0 Å². The van der Waals surface area contributed by atoms with Gasteiger partial charge in [0.25, 0.3) is 5.91 Å². The third kappa shape index (κ3) is 5.35. The van der Waals surface area contributed by atoms with Gasteiger partial charge in [0, 0.05) is 24.0 Å². The number of rotatable bonds is 2. The predicted octanol–water partition coefficient (Wildman–Crippen LogP) is 2.10. The molecule has 2 N–H and O–H groups in total. The lowest BCUT2D eigenvalue weighted by atomic mass is 10.0. The van der Waals surface area contributed by atoms with Crippen LogP contribution in [-0.4, -0.2) is 29.5 Å². The van der Waals surface area contributed by atoms with Crippen LogP contribution in [0.5, 0.6) is 0 Å². The summed E-state index contributed by atoms with van der Waals surface area (Å²) in [6, 6.07) is 4.44. The highest BCUT2D eigenvalue weighted by Crippen LogP contribution is 2.09. The van der Waals surface area contributed by atoms with Crippen LogP contribution in [-0.2, 0) is 0 Å². The van der Waals surface area contributed by atoms with Crippen LogP contribution in [0.2, 0.25) is 0 Å². The molecular weight excluding hydrogens is 285 g/mol. The largest absolute Gasteiger partial charge is 0.349 e. The molecule has 6 heteroatoms. The van der Waals surface area contributed by atoms with E-state index in [0.717, 1.165) is 25.1 Å². The van der Waals surface area contributed by atoms with Crippen LogP contribution < -0.4 is 10.6 Å². The topological polar surface area (TPSA) is 54.0 Å². The Morgan fingerprint density at radius 3 is 2.74 bits per heavy atom. The average molecular weight is 306 g/mol. The number of carbonyl (C=O) groups excluding carboxylic acids is 1. The molecule has 2 rings (SSSR count). The summed E-state index contributed by atoms with van der Waals surface area (Å²) in [7, 11) is 0. The fraction of sp³-hybridized carbons (Fsp3) is 0.538. The number of amides is 1. The van der Waals surface area contributed by atoms with Crippen molar-refractivity contribution in [3.63, 3.8) is 0 Å². The maximum absolute atomic E-state index is 12.0. The molecule has 0 radical (unpaired) electrons. The minimum absolute atomic E-state index is 0. The maximum atomic E-state index is 12.0. The first-order chi connectivity index (χ1) is 8.15. The van der Waals surface area contributed by atoms with Crippen molar-refractivity contribution in [3.05, 3.63) is 29.6 Å². The van der Waals surface area contributed by atoms with Gasteiger partial charge in [0.15, 0.2) is 0 Å². The minimum Gasteiger partial charge on any atom is -0.349 e. The summed E-state index contributed by atoms with van der Waals surface area (Å²) in [5.41, 5.74) is 1.57. The number of hydrogen-bond acceptors (Lipinski definition) is 3. The molecule has 1 aliphatic rings. The Morgan fingerprint density at radius 2 is 2.16 bits per heavy atom. The molecule has 0 aromatic carbocycles. The van der Waals surface area contributed by atoms with Gasteiger partial charge in [0.1, 0.15) is 0 Å². The molecule has 1 aromatic rings. The van der Waals surface area contributed by atoms with E-state index < -0.39 is 0 Å². The molecule has 0 bridgehead atoms. The Kier molecular flexibility index (Phi) is 7.99. The third-order valence-electron chi connectivity index (χ3n) is 3.13. The molecule has 0 spiro atoms. The molecule has 1 saturated heterocycles. The number of aryl methyl sites for hydroxylation is 1. The van der Waals surface area contributed by atoms with Gasteiger partial charge in [-0.2, -0.15) is 0 Å². The van der Waals surface area contributed by atoms with E-state index in [-0.39, 0.29) is 36.8 Å². The van der Waals surface area contributed by atoms with Gasteiger partial charge in [-0.1, -0.05) is 0 Å². The Hall–Kier alpha value is -0.840. The van der Waals surface area contributed by atoms with Crippen molar-refractivity contribution in [3.8, 4) is 0 Å². The average Bonchev–Trinajstić information content (AvgIpc) is 2.29. The number of piperidine rings is 1. The summed E-state index contributed by atoms with van der Waals surface area (Å²) < 4.78 is 0. The second kappa shape index (κ2) is 8.35. The van der Waals surface area contributed by atoms with Gasteiger partial charge in [-0.15, -0.1) is 24.8 Å². The number of pyridine rings is 1. The van der Waals surface area contributed by atoms with Crippen molar-refractivity contribution in [2.24, 2.45) is 0 Å². The number of hydrogen-bond donors (Lipinski definition) is 2. The van der Waals surface area contributed by atoms with Gasteiger partial charge < -0.3 is 10.6 Å². The number of nitrogens with one attached hydrogen (secondary N) is 2. The SMILES string of the molecule is Cc1ccc(C(=O)NC2CCNC(C)C2)cn1.Cl.Cl. The fourth-order valence-corrected chi connectivity index (χ4v) is 2.13. The number of nitrogens with zero attached hydrogens (tertiary/aromatic N) is 1. The molecule has 19 heavy (non-hydrogen) atoms. The number of halogens is 2. The first kappa shape index (κ1) is 18.2. The second-order valence-electron chi connectivity index (χ2n) is 4.74. The van der Waals surface area contributed by atoms with Crippen molar-refractivity contribution >= 4 is 30.7 Å². The van der Waals surface area contributed by atoms with Crippen molar-refractivity contribution in [2.75, 3.05) is 6.54 Å². The summed E-state index contributed by atoms with van der Waals surface area (Å²) in [6.07, 6.45) is 3.62. The molecule has 1 fully saturated rings. The van der Waals surface area contributed by atoms with E-state index in [1.54, 1.807) is 6.20 Å². The molecule has 1 aliphatic heterocycles. The summed E-state index contributed by atoms with van der Waals surface area (Å²) in [5, 5.41) is 6.43. The number of aromatic nitrogens is 1. The Morgan fingerprint density at radius 1 is 1.42 bits per heavy atom. The molecule has 0 saturated carbocycles. The zero-order valence-corrected chi connectivity index (χ0v) is 12.8. The van der Waals surface area contributed by atoms with Crippen LogP contribution >= 0.6 is 24.8 Å². The predicted molar refractivity (Wildman–Crippen MR) is 81.4 cm³/mol. The van der Waals surface area contributed by atoms with Crippen LogP contribution in [0.1, 0.15) is 35.8 Å². The summed E-state index contributed by atoms with van der Waals surface area (Å²) >= 11 is 0. The fourth-order valence-electron chi connectivity index (χ4n) is 2.13. The number of carbonyl (C=O) groups is 1. The molecule has 0 aliphatic carbocycles.